The first-order valence-electron chi connectivity index (χ1n) is 9.60. The van der Waals surface area contributed by atoms with Gasteiger partial charge in [0.2, 0.25) is 0 Å². The first-order chi connectivity index (χ1) is 14.7. The van der Waals surface area contributed by atoms with Gasteiger partial charge in [-0.25, -0.2) is 5.43 Å². The van der Waals surface area contributed by atoms with E-state index in [4.69, 9.17) is 14.2 Å². The second kappa shape index (κ2) is 10.7. The molecule has 3 aromatic carbocycles. The Morgan fingerprint density at radius 3 is 2.57 bits per heavy atom. The minimum Gasteiger partial charge on any atom is -0.497 e. The maximum Gasteiger partial charge on any atom is 0.271 e. The lowest BCUT2D eigenvalue weighted by Crippen LogP contribution is -2.17. The van der Waals surface area contributed by atoms with E-state index in [9.17, 15) is 4.79 Å². The van der Waals surface area contributed by atoms with E-state index in [1.807, 2.05) is 55.5 Å². The second-order valence-electron chi connectivity index (χ2n) is 6.34. The molecule has 3 aromatic rings. The molecule has 0 saturated carbocycles. The summed E-state index contributed by atoms with van der Waals surface area (Å²) in [5, 5.41) is 4.04. The fourth-order valence-corrected chi connectivity index (χ4v) is 2.72. The van der Waals surface area contributed by atoms with Crippen molar-refractivity contribution in [2.24, 2.45) is 5.10 Å². The Morgan fingerprint density at radius 2 is 1.80 bits per heavy atom. The van der Waals surface area contributed by atoms with E-state index in [2.05, 4.69) is 10.5 Å². The second-order valence-corrected chi connectivity index (χ2v) is 6.34. The van der Waals surface area contributed by atoms with Gasteiger partial charge < -0.3 is 14.2 Å². The van der Waals surface area contributed by atoms with E-state index in [1.165, 1.54) is 0 Å². The van der Waals surface area contributed by atoms with Crippen LogP contribution in [0.25, 0.3) is 0 Å². The molecule has 3 rings (SSSR count). The maximum atomic E-state index is 12.2. The number of hydrazone groups is 1. The number of benzene rings is 3. The highest BCUT2D eigenvalue weighted by molar-refractivity contribution is 5.95. The Hall–Kier alpha value is -3.80. The van der Waals surface area contributed by atoms with Gasteiger partial charge in [0, 0.05) is 5.56 Å². The van der Waals surface area contributed by atoms with Gasteiger partial charge in [-0.3, -0.25) is 4.79 Å². The molecule has 0 heterocycles. The summed E-state index contributed by atoms with van der Waals surface area (Å²) in [5.41, 5.74) is 4.83. The number of hydrogen-bond acceptors (Lipinski definition) is 5. The average molecular weight is 404 g/mol. The van der Waals surface area contributed by atoms with Crippen LogP contribution in [0.4, 0.5) is 0 Å². The van der Waals surface area contributed by atoms with Crippen molar-refractivity contribution in [1.82, 2.24) is 5.43 Å². The van der Waals surface area contributed by atoms with Crippen molar-refractivity contribution < 1.29 is 19.0 Å². The van der Waals surface area contributed by atoms with Gasteiger partial charge in [-0.2, -0.15) is 5.10 Å². The number of rotatable bonds is 9. The lowest BCUT2D eigenvalue weighted by molar-refractivity contribution is 0.0955. The van der Waals surface area contributed by atoms with Crippen molar-refractivity contribution >= 4 is 12.1 Å². The molecule has 1 amide bonds. The summed E-state index contributed by atoms with van der Waals surface area (Å²) >= 11 is 0. The van der Waals surface area contributed by atoms with Crippen molar-refractivity contribution in [2.75, 3.05) is 13.7 Å². The van der Waals surface area contributed by atoms with Crippen molar-refractivity contribution in [3.05, 3.63) is 89.5 Å². The molecule has 6 nitrogen and oxygen atoms in total. The summed E-state index contributed by atoms with van der Waals surface area (Å²) in [6.45, 7) is 2.87. The first-order valence-corrected chi connectivity index (χ1v) is 9.60. The predicted molar refractivity (Wildman–Crippen MR) is 116 cm³/mol. The summed E-state index contributed by atoms with van der Waals surface area (Å²) in [6.07, 6.45) is 1.56. The van der Waals surface area contributed by atoms with Crippen LogP contribution in [0.1, 0.15) is 28.4 Å². The molecule has 0 aliphatic rings. The highest BCUT2D eigenvalue weighted by Crippen LogP contribution is 2.29. The minimum atomic E-state index is -0.321. The Balaban J connectivity index is 1.65. The van der Waals surface area contributed by atoms with Crippen molar-refractivity contribution in [3.8, 4) is 17.2 Å². The van der Waals surface area contributed by atoms with Gasteiger partial charge in [0.1, 0.15) is 12.4 Å². The molecule has 0 aromatic heterocycles. The van der Waals surface area contributed by atoms with Crippen LogP contribution in [0, 0.1) is 0 Å². The Kier molecular flexibility index (Phi) is 7.44. The molecule has 0 fully saturated rings. The largest absolute Gasteiger partial charge is 0.497 e. The van der Waals surface area contributed by atoms with E-state index in [1.54, 1.807) is 37.6 Å². The fourth-order valence-electron chi connectivity index (χ4n) is 2.72. The number of amides is 1. The molecule has 0 bridgehead atoms. The van der Waals surface area contributed by atoms with Crippen LogP contribution in [-0.2, 0) is 6.61 Å². The zero-order valence-electron chi connectivity index (χ0n) is 17.0. The summed E-state index contributed by atoms with van der Waals surface area (Å²) in [4.78, 5) is 12.2. The zero-order valence-corrected chi connectivity index (χ0v) is 17.0. The highest BCUT2D eigenvalue weighted by atomic mass is 16.5. The average Bonchev–Trinajstić information content (AvgIpc) is 2.79. The smallest absolute Gasteiger partial charge is 0.271 e. The number of carbonyl (C=O) groups is 1. The zero-order chi connectivity index (χ0) is 21.2. The minimum absolute atomic E-state index is 0.321. The van der Waals surface area contributed by atoms with Gasteiger partial charge >= 0.3 is 0 Å². The van der Waals surface area contributed by atoms with Crippen molar-refractivity contribution in [2.45, 2.75) is 13.5 Å². The standard InChI is InChI=1S/C24H24N2O4/c1-3-29-23-14-19(12-13-22(23)30-17-18-8-5-4-6-9-18)16-25-26-24(27)20-10-7-11-21(15-20)28-2/h4-16H,3,17H2,1-2H3,(H,26,27)/b25-16-. The highest BCUT2D eigenvalue weighted by Gasteiger charge is 2.08. The quantitative estimate of drug-likeness (QED) is 0.423. The lowest BCUT2D eigenvalue weighted by atomic mass is 10.2. The van der Waals surface area contributed by atoms with Crippen LogP contribution < -0.4 is 19.6 Å². The number of ether oxygens (including phenoxy) is 3. The summed E-state index contributed by atoms with van der Waals surface area (Å²) in [5.74, 6) is 1.56. The van der Waals surface area contributed by atoms with E-state index < -0.39 is 0 Å². The Morgan fingerprint density at radius 1 is 0.967 bits per heavy atom. The van der Waals surface area contributed by atoms with Crippen LogP contribution in [0.2, 0.25) is 0 Å². The predicted octanol–water partition coefficient (Wildman–Crippen LogP) is 4.44. The number of hydrogen-bond donors (Lipinski definition) is 1. The summed E-state index contributed by atoms with van der Waals surface area (Å²) in [7, 11) is 1.55. The number of methoxy groups -OCH3 is 1. The number of carbonyl (C=O) groups excluding carboxylic acids is 1. The van der Waals surface area contributed by atoms with E-state index in [-0.39, 0.29) is 5.91 Å². The molecule has 0 aliphatic carbocycles. The Bertz CT molecular complexity index is 1000. The monoisotopic (exact) mass is 404 g/mol. The summed E-state index contributed by atoms with van der Waals surface area (Å²) in [6, 6.07) is 22.3. The fraction of sp³-hybridized carbons (Fsp3) is 0.167. The van der Waals surface area contributed by atoms with Gasteiger partial charge in [0.25, 0.3) is 5.91 Å². The molecule has 0 unspecified atom stereocenters. The first kappa shape index (κ1) is 20.9. The van der Waals surface area contributed by atoms with Crippen LogP contribution in [0.15, 0.2) is 77.9 Å². The van der Waals surface area contributed by atoms with Gasteiger partial charge in [-0.05, 0) is 54.4 Å². The molecule has 0 aliphatic heterocycles. The lowest BCUT2D eigenvalue weighted by Gasteiger charge is -2.12. The van der Waals surface area contributed by atoms with Crippen molar-refractivity contribution in [3.63, 3.8) is 0 Å². The molecular formula is C24H24N2O4. The molecule has 0 atom stereocenters. The third-order valence-electron chi connectivity index (χ3n) is 4.22. The van der Waals surface area contributed by atoms with Crippen LogP contribution >= 0.6 is 0 Å². The van der Waals surface area contributed by atoms with Gasteiger partial charge in [0.15, 0.2) is 11.5 Å². The van der Waals surface area contributed by atoms with E-state index >= 15 is 0 Å². The molecular weight excluding hydrogens is 380 g/mol. The SMILES string of the molecule is CCOc1cc(/C=N\NC(=O)c2cccc(OC)c2)ccc1OCc1ccccc1. The van der Waals surface area contributed by atoms with Crippen LogP contribution in [0.5, 0.6) is 17.2 Å². The maximum absolute atomic E-state index is 12.2. The molecule has 6 heteroatoms. The van der Waals surface area contributed by atoms with Gasteiger partial charge in [-0.1, -0.05) is 36.4 Å². The van der Waals surface area contributed by atoms with E-state index in [0.717, 1.165) is 11.1 Å². The third kappa shape index (κ3) is 5.85. The molecule has 0 radical (unpaired) electrons. The number of nitrogens with one attached hydrogen (secondary N) is 1. The number of nitrogens with zero attached hydrogens (tertiary/aromatic N) is 1. The molecule has 0 saturated heterocycles. The molecule has 0 spiro atoms. The third-order valence-corrected chi connectivity index (χ3v) is 4.22. The van der Waals surface area contributed by atoms with Crippen molar-refractivity contribution in [1.29, 1.82) is 0 Å². The summed E-state index contributed by atoms with van der Waals surface area (Å²) < 4.78 is 16.7. The van der Waals surface area contributed by atoms with Gasteiger partial charge in [0.05, 0.1) is 19.9 Å². The molecule has 1 N–H and O–H groups in total. The molecule has 30 heavy (non-hydrogen) atoms. The van der Waals surface area contributed by atoms with E-state index in [0.29, 0.717) is 36.0 Å². The normalized spacial score (nSPS) is 10.6. The Labute approximate surface area is 176 Å². The van der Waals surface area contributed by atoms with Crippen LogP contribution in [-0.4, -0.2) is 25.8 Å². The van der Waals surface area contributed by atoms with Crippen LogP contribution in [0.3, 0.4) is 0 Å². The molecule has 154 valence electrons. The topological polar surface area (TPSA) is 69.2 Å². The van der Waals surface area contributed by atoms with Gasteiger partial charge in [-0.15, -0.1) is 0 Å².